The standard InChI is InChI=1S/C23H19N3O3S.Na/c1-15-6-8-16(9-7-15)17-10-12-18(13-11-17)25-26-21-14-22(30(27,28)29)19-4-2-3-5-20(19)23(21)24;/h2-14H,24H2,1H3,(H,27,28,29);/q;+1/p-1. The van der Waals surface area contributed by atoms with Gasteiger partial charge in [-0.25, -0.2) is 8.42 Å². The van der Waals surface area contributed by atoms with Crippen molar-refractivity contribution < 1.29 is 42.5 Å². The summed E-state index contributed by atoms with van der Waals surface area (Å²) in [4.78, 5) is -0.365. The summed E-state index contributed by atoms with van der Waals surface area (Å²) in [6.07, 6.45) is 0. The summed E-state index contributed by atoms with van der Waals surface area (Å²) in [5.41, 5.74) is 10.4. The third kappa shape index (κ3) is 5.03. The van der Waals surface area contributed by atoms with Gasteiger partial charge in [-0.3, -0.25) is 0 Å². The van der Waals surface area contributed by atoms with E-state index in [0.29, 0.717) is 11.1 Å². The Balaban J connectivity index is 0.00000272. The smallest absolute Gasteiger partial charge is 0.744 e. The normalized spacial score (nSPS) is 11.5. The summed E-state index contributed by atoms with van der Waals surface area (Å²) in [6, 6.07) is 23.4. The Morgan fingerprint density at radius 3 is 1.94 bits per heavy atom. The Kier molecular flexibility index (Phi) is 6.93. The molecule has 0 atom stereocenters. The summed E-state index contributed by atoms with van der Waals surface area (Å²) in [5.74, 6) is 0. The zero-order valence-corrected chi connectivity index (χ0v) is 19.9. The van der Waals surface area contributed by atoms with Crippen molar-refractivity contribution in [2.24, 2.45) is 10.2 Å². The van der Waals surface area contributed by atoms with E-state index < -0.39 is 10.1 Å². The topological polar surface area (TPSA) is 108 Å². The Labute approximate surface area is 202 Å². The van der Waals surface area contributed by atoms with E-state index in [1.165, 1.54) is 11.6 Å². The number of nitrogens with two attached hydrogens (primary N) is 1. The molecule has 6 nitrogen and oxygen atoms in total. The number of nitrogens with zero attached hydrogens (tertiary/aromatic N) is 2. The van der Waals surface area contributed by atoms with E-state index in [0.717, 1.165) is 11.1 Å². The molecule has 0 fully saturated rings. The van der Waals surface area contributed by atoms with Crippen LogP contribution in [0.2, 0.25) is 0 Å². The number of hydrogen-bond acceptors (Lipinski definition) is 6. The van der Waals surface area contributed by atoms with Crippen LogP contribution in [0.4, 0.5) is 17.1 Å². The molecule has 0 saturated heterocycles. The first-order chi connectivity index (χ1) is 14.3. The number of fused-ring (bicyclic) bond motifs is 1. The van der Waals surface area contributed by atoms with Crippen LogP contribution in [0, 0.1) is 6.92 Å². The number of aryl methyl sites for hydroxylation is 1. The number of benzene rings is 4. The second-order valence-corrected chi connectivity index (χ2v) is 8.27. The second kappa shape index (κ2) is 9.30. The molecule has 0 aliphatic heterocycles. The SMILES string of the molecule is Cc1ccc(-c2ccc(N=Nc3cc(S(=O)(=O)[O-])c4ccccc4c3N)cc2)cc1.[Na+]. The molecule has 0 unspecified atom stereocenters. The van der Waals surface area contributed by atoms with Crippen LogP contribution in [-0.4, -0.2) is 13.0 Å². The Morgan fingerprint density at radius 2 is 1.35 bits per heavy atom. The molecule has 0 heterocycles. The molecule has 0 bridgehead atoms. The minimum atomic E-state index is -4.70. The predicted molar refractivity (Wildman–Crippen MR) is 117 cm³/mol. The van der Waals surface area contributed by atoms with E-state index in [1.807, 2.05) is 43.3 Å². The maximum absolute atomic E-state index is 11.7. The van der Waals surface area contributed by atoms with Crippen molar-refractivity contribution in [3.8, 4) is 11.1 Å². The molecule has 8 heteroatoms. The van der Waals surface area contributed by atoms with Gasteiger partial charge in [0, 0.05) is 10.8 Å². The molecule has 4 aromatic rings. The summed E-state index contributed by atoms with van der Waals surface area (Å²) in [5, 5.41) is 8.99. The van der Waals surface area contributed by atoms with Crippen LogP contribution in [0.25, 0.3) is 21.9 Å². The van der Waals surface area contributed by atoms with Crippen molar-refractivity contribution in [2.45, 2.75) is 11.8 Å². The summed E-state index contributed by atoms with van der Waals surface area (Å²) in [7, 11) is -4.70. The van der Waals surface area contributed by atoms with Gasteiger partial charge in [0.05, 0.1) is 16.3 Å². The molecule has 0 amide bonds. The fraction of sp³-hybridized carbons (Fsp3) is 0.0435. The van der Waals surface area contributed by atoms with Gasteiger partial charge in [0.15, 0.2) is 0 Å². The first-order valence-corrected chi connectivity index (χ1v) is 10.6. The van der Waals surface area contributed by atoms with Crippen LogP contribution in [0.1, 0.15) is 5.56 Å². The zero-order valence-electron chi connectivity index (χ0n) is 17.1. The maximum atomic E-state index is 11.7. The fourth-order valence-corrected chi connectivity index (χ4v) is 3.92. The predicted octanol–water partition coefficient (Wildman–Crippen LogP) is 2.72. The van der Waals surface area contributed by atoms with E-state index in [9.17, 15) is 13.0 Å². The van der Waals surface area contributed by atoms with Crippen LogP contribution in [0.3, 0.4) is 0 Å². The third-order valence-corrected chi connectivity index (χ3v) is 5.70. The molecule has 2 N–H and O–H groups in total. The van der Waals surface area contributed by atoms with Crippen molar-refractivity contribution in [1.82, 2.24) is 0 Å². The summed E-state index contributed by atoms with van der Waals surface area (Å²) >= 11 is 0. The molecular formula is C23H18N3NaO3S. The van der Waals surface area contributed by atoms with Crippen LogP contribution in [-0.2, 0) is 10.1 Å². The fourth-order valence-electron chi connectivity index (χ4n) is 3.22. The number of azo groups is 1. The Morgan fingerprint density at radius 1 is 0.806 bits per heavy atom. The Hall–Kier alpha value is -2.55. The minimum Gasteiger partial charge on any atom is -0.744 e. The molecule has 4 rings (SSSR count). The largest absolute Gasteiger partial charge is 1.00 e. The van der Waals surface area contributed by atoms with Gasteiger partial charge in [0.2, 0.25) is 0 Å². The van der Waals surface area contributed by atoms with Crippen molar-refractivity contribution in [1.29, 1.82) is 0 Å². The van der Waals surface area contributed by atoms with Crippen molar-refractivity contribution >= 4 is 38.0 Å². The van der Waals surface area contributed by atoms with Gasteiger partial charge in [-0.2, -0.15) is 5.11 Å². The number of anilines is 1. The molecule has 0 aromatic heterocycles. The van der Waals surface area contributed by atoms with Gasteiger partial charge in [-0.15, -0.1) is 5.11 Å². The van der Waals surface area contributed by atoms with Crippen molar-refractivity contribution in [3.63, 3.8) is 0 Å². The zero-order chi connectivity index (χ0) is 21.3. The van der Waals surface area contributed by atoms with Gasteiger partial charge in [-0.1, -0.05) is 66.2 Å². The third-order valence-electron chi connectivity index (χ3n) is 4.82. The summed E-state index contributed by atoms with van der Waals surface area (Å²) in [6.45, 7) is 2.04. The Bertz CT molecular complexity index is 1370. The van der Waals surface area contributed by atoms with Gasteiger partial charge < -0.3 is 10.3 Å². The van der Waals surface area contributed by atoms with Gasteiger partial charge in [0.1, 0.15) is 15.8 Å². The van der Waals surface area contributed by atoms with Crippen LogP contribution in [0.15, 0.2) is 94.0 Å². The van der Waals surface area contributed by atoms with Crippen molar-refractivity contribution in [3.05, 3.63) is 84.4 Å². The van der Waals surface area contributed by atoms with Crippen molar-refractivity contribution in [2.75, 3.05) is 5.73 Å². The van der Waals surface area contributed by atoms with E-state index in [-0.39, 0.29) is 51.2 Å². The molecule has 0 saturated carbocycles. The average Bonchev–Trinajstić information content (AvgIpc) is 2.73. The minimum absolute atomic E-state index is 0. The van der Waals surface area contributed by atoms with E-state index in [2.05, 4.69) is 10.2 Å². The summed E-state index contributed by atoms with van der Waals surface area (Å²) < 4.78 is 35.1. The van der Waals surface area contributed by atoms with E-state index in [1.54, 1.807) is 36.4 Å². The monoisotopic (exact) mass is 439 g/mol. The first kappa shape index (κ1) is 23.1. The second-order valence-electron chi connectivity index (χ2n) is 6.92. The quantitative estimate of drug-likeness (QED) is 0.228. The van der Waals surface area contributed by atoms with Gasteiger partial charge in [-0.05, 0) is 36.2 Å². The number of nitrogen functional groups attached to an aromatic ring is 1. The van der Waals surface area contributed by atoms with E-state index in [4.69, 9.17) is 5.73 Å². The molecule has 0 radical (unpaired) electrons. The average molecular weight is 439 g/mol. The molecule has 0 spiro atoms. The van der Waals surface area contributed by atoms with Gasteiger partial charge >= 0.3 is 29.6 Å². The van der Waals surface area contributed by atoms with Crippen LogP contribution >= 0.6 is 0 Å². The van der Waals surface area contributed by atoms with Crippen LogP contribution < -0.4 is 35.3 Å². The molecular weight excluding hydrogens is 421 g/mol. The number of rotatable bonds is 4. The molecule has 31 heavy (non-hydrogen) atoms. The molecule has 0 aliphatic rings. The van der Waals surface area contributed by atoms with E-state index >= 15 is 0 Å². The number of hydrogen-bond donors (Lipinski definition) is 1. The van der Waals surface area contributed by atoms with Crippen LogP contribution in [0.5, 0.6) is 0 Å². The molecule has 4 aromatic carbocycles. The maximum Gasteiger partial charge on any atom is 1.00 e. The van der Waals surface area contributed by atoms with Gasteiger partial charge in [0.25, 0.3) is 0 Å². The molecule has 150 valence electrons. The first-order valence-electron chi connectivity index (χ1n) is 9.19. The molecule has 0 aliphatic carbocycles.